The molecular formula is C23H32Cl2NO6P. The molecule has 0 saturated heterocycles. The van der Waals surface area contributed by atoms with Gasteiger partial charge in [-0.1, -0.05) is 13.0 Å². The van der Waals surface area contributed by atoms with Gasteiger partial charge in [0.05, 0.1) is 6.10 Å². The van der Waals surface area contributed by atoms with Gasteiger partial charge in [0.25, 0.3) is 0 Å². The van der Waals surface area contributed by atoms with E-state index >= 15 is 0 Å². The van der Waals surface area contributed by atoms with Gasteiger partial charge in [-0.25, -0.2) is 9.36 Å². The van der Waals surface area contributed by atoms with Gasteiger partial charge in [0, 0.05) is 24.8 Å². The summed E-state index contributed by atoms with van der Waals surface area (Å²) in [5.41, 5.74) is 2.32. The lowest BCUT2D eigenvalue weighted by molar-refractivity contribution is -0.0217. The number of ether oxygens (including phenoxy) is 1. The van der Waals surface area contributed by atoms with E-state index in [9.17, 15) is 19.1 Å². The number of benzene rings is 1. The molecule has 184 valence electrons. The number of fused-ring (bicyclic) bond motifs is 5. The second-order valence-corrected chi connectivity index (χ2v) is 11.7. The number of nitrogens with zero attached hydrogens (tertiary/aromatic N) is 1. The third-order valence-electron chi connectivity index (χ3n) is 8.05. The van der Waals surface area contributed by atoms with Crippen molar-refractivity contribution in [1.82, 2.24) is 4.90 Å². The maximum absolute atomic E-state index is 12.5. The molecule has 4 rings (SSSR count). The summed E-state index contributed by atoms with van der Waals surface area (Å²) in [5.74, 6) is 2.44. The van der Waals surface area contributed by atoms with Gasteiger partial charge in [-0.05, 0) is 85.0 Å². The predicted molar refractivity (Wildman–Crippen MR) is 127 cm³/mol. The molecule has 2 N–H and O–H groups in total. The van der Waals surface area contributed by atoms with E-state index < -0.39 is 20.0 Å². The van der Waals surface area contributed by atoms with Crippen LogP contribution < -0.4 is 4.74 Å². The zero-order chi connectivity index (χ0) is 23.8. The molecule has 2 fully saturated rings. The number of aryl methyl sites for hydroxylation is 1. The number of carbonyl (C=O) groups is 1. The van der Waals surface area contributed by atoms with Crippen LogP contribution in [0.15, 0.2) is 18.2 Å². The molecule has 5 atom stereocenters. The van der Waals surface area contributed by atoms with Gasteiger partial charge in [0.2, 0.25) is 0 Å². The first-order valence-corrected chi connectivity index (χ1v) is 14.2. The van der Waals surface area contributed by atoms with Crippen LogP contribution in [0.25, 0.3) is 0 Å². The Hall–Kier alpha value is -0.820. The summed E-state index contributed by atoms with van der Waals surface area (Å²) in [5, 5.41) is 0. The highest BCUT2D eigenvalue weighted by Gasteiger charge is 2.56. The Morgan fingerprint density at radius 1 is 1.18 bits per heavy atom. The van der Waals surface area contributed by atoms with Crippen LogP contribution in [0.2, 0.25) is 0 Å². The highest BCUT2D eigenvalue weighted by molar-refractivity contribution is 7.46. The maximum Gasteiger partial charge on any atom is 0.469 e. The van der Waals surface area contributed by atoms with Gasteiger partial charge in [-0.2, -0.15) is 0 Å². The van der Waals surface area contributed by atoms with Crippen LogP contribution >= 0.6 is 31.0 Å². The van der Waals surface area contributed by atoms with Crippen LogP contribution in [-0.4, -0.2) is 51.7 Å². The molecule has 3 aliphatic rings. The fraction of sp³-hybridized carbons (Fsp3) is 0.696. The monoisotopic (exact) mass is 519 g/mol. The summed E-state index contributed by atoms with van der Waals surface area (Å²) in [6, 6.07) is 5.93. The second kappa shape index (κ2) is 10.0. The Morgan fingerprint density at radius 3 is 2.58 bits per heavy atom. The van der Waals surface area contributed by atoms with Crippen molar-refractivity contribution in [2.75, 3.05) is 24.8 Å². The number of halogens is 2. The zero-order valence-electron chi connectivity index (χ0n) is 18.8. The molecule has 0 heterocycles. The van der Waals surface area contributed by atoms with E-state index in [1.165, 1.54) is 16.0 Å². The summed E-state index contributed by atoms with van der Waals surface area (Å²) in [6.07, 6.45) is 4.55. The first kappa shape index (κ1) is 25.3. The molecule has 0 aliphatic heterocycles. The number of hydrogen-bond donors (Lipinski definition) is 2. The van der Waals surface area contributed by atoms with Gasteiger partial charge in [0.15, 0.2) is 0 Å². The van der Waals surface area contributed by atoms with Crippen molar-refractivity contribution in [3.8, 4) is 5.75 Å². The van der Waals surface area contributed by atoms with E-state index in [-0.39, 0.29) is 5.41 Å². The Balaban J connectivity index is 1.48. The fourth-order valence-electron chi connectivity index (χ4n) is 6.58. The zero-order valence-corrected chi connectivity index (χ0v) is 21.2. The summed E-state index contributed by atoms with van der Waals surface area (Å²) in [4.78, 5) is 32.7. The van der Waals surface area contributed by atoms with Crippen LogP contribution in [0.1, 0.15) is 56.1 Å². The Morgan fingerprint density at radius 2 is 1.91 bits per heavy atom. The first-order chi connectivity index (χ1) is 15.7. The van der Waals surface area contributed by atoms with Crippen molar-refractivity contribution in [2.24, 2.45) is 17.3 Å². The summed E-state index contributed by atoms with van der Waals surface area (Å²) in [7, 11) is -4.50. The van der Waals surface area contributed by atoms with E-state index in [0.717, 1.165) is 32.1 Å². The fourth-order valence-corrected chi connectivity index (χ4v) is 7.66. The number of hydrogen-bond acceptors (Lipinski definition) is 4. The third kappa shape index (κ3) is 5.24. The number of alkyl halides is 2. The standard InChI is InChI=1S/C23H32Cl2NO6P/c1-23-9-8-18-17-5-3-16(31-22(27)26(12-10-24)13-11-25)14-15(17)2-4-19(18)20(23)6-7-21(23)32-33(28,29)30/h3,5,14,18-21H,2,4,6-13H2,1H3,(H2,28,29,30)/t18?,19?,20?,21-,23-/m0/s1. The molecule has 33 heavy (non-hydrogen) atoms. The highest BCUT2D eigenvalue weighted by atomic mass is 35.5. The Labute approximate surface area is 205 Å². The lowest BCUT2D eigenvalue weighted by Gasteiger charge is -2.50. The molecule has 3 unspecified atom stereocenters. The smallest absolute Gasteiger partial charge is 0.410 e. The topological polar surface area (TPSA) is 96.3 Å². The van der Waals surface area contributed by atoms with E-state index in [1.807, 2.05) is 12.1 Å². The second-order valence-electron chi connectivity index (χ2n) is 9.72. The van der Waals surface area contributed by atoms with Gasteiger partial charge in [-0.15, -0.1) is 23.2 Å². The third-order valence-corrected chi connectivity index (χ3v) is 8.91. The first-order valence-electron chi connectivity index (χ1n) is 11.6. The molecule has 1 aromatic rings. The Bertz CT molecular complexity index is 920. The molecule has 0 bridgehead atoms. The molecule has 10 heteroatoms. The van der Waals surface area contributed by atoms with Gasteiger partial charge in [-0.3, -0.25) is 4.52 Å². The van der Waals surface area contributed by atoms with E-state index in [0.29, 0.717) is 54.8 Å². The number of rotatable bonds is 7. The highest BCUT2D eigenvalue weighted by Crippen LogP contribution is 2.63. The predicted octanol–water partition coefficient (Wildman–Crippen LogP) is 5.30. The number of phosphoric ester groups is 1. The molecule has 2 saturated carbocycles. The van der Waals surface area contributed by atoms with Crippen LogP contribution in [0.3, 0.4) is 0 Å². The van der Waals surface area contributed by atoms with E-state index in [1.54, 1.807) is 0 Å². The molecule has 0 aromatic heterocycles. The van der Waals surface area contributed by atoms with Gasteiger partial charge in [0.1, 0.15) is 5.75 Å². The summed E-state index contributed by atoms with van der Waals surface area (Å²) >= 11 is 11.6. The van der Waals surface area contributed by atoms with Crippen LogP contribution in [0, 0.1) is 17.3 Å². The van der Waals surface area contributed by atoms with Crippen molar-refractivity contribution in [1.29, 1.82) is 0 Å². The van der Waals surface area contributed by atoms with Crippen LogP contribution in [0.4, 0.5) is 4.79 Å². The number of phosphoric acid groups is 1. The van der Waals surface area contributed by atoms with Crippen molar-refractivity contribution < 1.29 is 28.4 Å². The van der Waals surface area contributed by atoms with Crippen molar-refractivity contribution >= 4 is 37.1 Å². The van der Waals surface area contributed by atoms with E-state index in [2.05, 4.69) is 13.0 Å². The lowest BCUT2D eigenvalue weighted by Crippen LogP contribution is -2.44. The average Bonchev–Trinajstić information content (AvgIpc) is 3.08. The van der Waals surface area contributed by atoms with Crippen LogP contribution in [0.5, 0.6) is 5.75 Å². The van der Waals surface area contributed by atoms with Crippen molar-refractivity contribution in [2.45, 2.75) is 57.5 Å². The van der Waals surface area contributed by atoms with Gasteiger partial charge >= 0.3 is 13.9 Å². The quantitative estimate of drug-likeness (QED) is 0.374. The molecule has 0 radical (unpaired) electrons. The van der Waals surface area contributed by atoms with E-state index in [4.69, 9.17) is 32.5 Å². The number of amides is 1. The van der Waals surface area contributed by atoms with Crippen molar-refractivity contribution in [3.05, 3.63) is 29.3 Å². The molecule has 3 aliphatic carbocycles. The molecule has 7 nitrogen and oxygen atoms in total. The number of carbonyl (C=O) groups excluding carboxylic acids is 1. The minimum atomic E-state index is -4.50. The van der Waals surface area contributed by atoms with Gasteiger partial charge < -0.3 is 19.4 Å². The normalized spacial score (nSPS) is 30.8. The Kier molecular flexibility index (Phi) is 7.69. The SMILES string of the molecule is C[C@]12CCC3c4ccc(OC(=O)N(CCCl)CCCl)cc4CCC3C1CC[C@@H]2OP(=O)(O)O. The molecule has 1 aromatic carbocycles. The van der Waals surface area contributed by atoms with Crippen molar-refractivity contribution in [3.63, 3.8) is 0 Å². The molecular weight excluding hydrogens is 488 g/mol. The average molecular weight is 520 g/mol. The molecule has 1 amide bonds. The largest absolute Gasteiger partial charge is 0.469 e. The maximum atomic E-state index is 12.5. The minimum Gasteiger partial charge on any atom is -0.410 e. The minimum absolute atomic E-state index is 0.205. The molecule has 0 spiro atoms. The summed E-state index contributed by atoms with van der Waals surface area (Å²) in [6.45, 7) is 2.91. The lowest BCUT2D eigenvalue weighted by atomic mass is 9.55. The van der Waals surface area contributed by atoms with Crippen LogP contribution in [-0.2, 0) is 15.5 Å². The summed E-state index contributed by atoms with van der Waals surface area (Å²) < 4.78 is 22.3.